The summed E-state index contributed by atoms with van der Waals surface area (Å²) < 4.78 is 1.80. The number of carbonyl (C=O) groups excluding carboxylic acids is 2. The Morgan fingerprint density at radius 2 is 2.07 bits per heavy atom. The maximum atomic E-state index is 13.0. The third-order valence-electron chi connectivity index (χ3n) is 5.16. The van der Waals surface area contributed by atoms with Crippen LogP contribution in [-0.2, 0) is 23.2 Å². The lowest BCUT2D eigenvalue weighted by molar-refractivity contribution is -0.135. The quantitative estimate of drug-likeness (QED) is 0.701. The van der Waals surface area contributed by atoms with E-state index in [1.54, 1.807) is 4.68 Å². The Labute approximate surface area is 162 Å². The van der Waals surface area contributed by atoms with Crippen LogP contribution in [0.4, 0.5) is 0 Å². The Hall–Kier alpha value is -2.15. The molecule has 0 unspecified atom stereocenters. The standard InChI is InChI=1S/C20H33N5O2/c1-6-9-10-19(26)21-17-11-18(20(27)24(7-2)8-3)25(14-17)13-16-12-23(5)22-15(16)4/h6,9,12,17-18H,7-8,10-11,13-14H2,1-5H3,(H,21,26)/b9-6+/t17-,18-/m0/s1. The first-order valence-electron chi connectivity index (χ1n) is 9.82. The number of nitrogens with one attached hydrogen (secondary N) is 1. The van der Waals surface area contributed by atoms with Crippen molar-refractivity contribution >= 4 is 11.8 Å². The second kappa shape index (κ2) is 9.69. The Balaban J connectivity index is 2.14. The largest absolute Gasteiger partial charge is 0.352 e. The first-order valence-corrected chi connectivity index (χ1v) is 9.82. The van der Waals surface area contributed by atoms with Crippen LogP contribution >= 0.6 is 0 Å². The van der Waals surface area contributed by atoms with E-state index >= 15 is 0 Å². The highest BCUT2D eigenvalue weighted by Crippen LogP contribution is 2.23. The van der Waals surface area contributed by atoms with Crippen molar-refractivity contribution in [1.29, 1.82) is 0 Å². The Morgan fingerprint density at radius 1 is 1.37 bits per heavy atom. The van der Waals surface area contributed by atoms with Crippen molar-refractivity contribution in [2.45, 2.75) is 59.2 Å². The van der Waals surface area contributed by atoms with Gasteiger partial charge >= 0.3 is 0 Å². The van der Waals surface area contributed by atoms with Gasteiger partial charge in [-0.05, 0) is 34.1 Å². The van der Waals surface area contributed by atoms with Crippen LogP contribution in [-0.4, -0.2) is 63.1 Å². The van der Waals surface area contributed by atoms with Gasteiger partial charge in [-0.25, -0.2) is 0 Å². The molecule has 150 valence electrons. The van der Waals surface area contributed by atoms with Gasteiger partial charge in [0.2, 0.25) is 11.8 Å². The summed E-state index contributed by atoms with van der Waals surface area (Å²) in [5.74, 6) is 0.151. The van der Waals surface area contributed by atoms with Gasteiger partial charge in [-0.3, -0.25) is 19.2 Å². The summed E-state index contributed by atoms with van der Waals surface area (Å²) in [4.78, 5) is 29.2. The monoisotopic (exact) mass is 375 g/mol. The van der Waals surface area contributed by atoms with E-state index in [4.69, 9.17) is 0 Å². The molecule has 27 heavy (non-hydrogen) atoms. The number of likely N-dealkylation sites (N-methyl/N-ethyl adjacent to an activating group) is 1. The molecule has 0 aromatic carbocycles. The van der Waals surface area contributed by atoms with Gasteiger partial charge in [0.05, 0.1) is 11.7 Å². The fourth-order valence-corrected chi connectivity index (χ4v) is 3.72. The predicted molar refractivity (Wildman–Crippen MR) is 106 cm³/mol. The van der Waals surface area contributed by atoms with Gasteiger partial charge in [0.15, 0.2) is 0 Å². The third-order valence-corrected chi connectivity index (χ3v) is 5.16. The van der Waals surface area contributed by atoms with Crippen molar-refractivity contribution in [3.8, 4) is 0 Å². The number of allylic oxidation sites excluding steroid dienone is 1. The molecular weight excluding hydrogens is 342 g/mol. The minimum atomic E-state index is -0.212. The van der Waals surface area contributed by atoms with Crippen molar-refractivity contribution < 1.29 is 9.59 Å². The van der Waals surface area contributed by atoms with Crippen LogP contribution in [0.5, 0.6) is 0 Å². The summed E-state index contributed by atoms with van der Waals surface area (Å²) >= 11 is 0. The average Bonchev–Trinajstić information content (AvgIpc) is 3.16. The van der Waals surface area contributed by atoms with E-state index in [2.05, 4.69) is 15.3 Å². The molecule has 1 aliphatic heterocycles. The first-order chi connectivity index (χ1) is 12.9. The van der Waals surface area contributed by atoms with E-state index in [0.29, 0.717) is 39.0 Å². The highest BCUT2D eigenvalue weighted by Gasteiger charge is 2.39. The lowest BCUT2D eigenvalue weighted by atomic mass is 10.1. The molecule has 1 fully saturated rings. The molecular formula is C20H33N5O2. The van der Waals surface area contributed by atoms with Crippen LogP contribution < -0.4 is 5.32 Å². The molecule has 0 saturated carbocycles. The Bertz CT molecular complexity index is 678. The second-order valence-corrected chi connectivity index (χ2v) is 7.14. The number of carbonyl (C=O) groups is 2. The minimum absolute atomic E-state index is 0.00606. The molecule has 7 heteroatoms. The zero-order valence-electron chi connectivity index (χ0n) is 17.2. The number of aryl methyl sites for hydroxylation is 2. The van der Waals surface area contributed by atoms with Gasteiger partial charge in [0.25, 0.3) is 0 Å². The van der Waals surface area contributed by atoms with E-state index in [1.165, 1.54) is 0 Å². The second-order valence-electron chi connectivity index (χ2n) is 7.14. The molecule has 1 N–H and O–H groups in total. The molecule has 0 bridgehead atoms. The van der Waals surface area contributed by atoms with Gasteiger partial charge in [-0.1, -0.05) is 12.2 Å². The van der Waals surface area contributed by atoms with E-state index in [0.717, 1.165) is 11.3 Å². The number of likely N-dealkylation sites (tertiary alicyclic amines) is 1. The molecule has 7 nitrogen and oxygen atoms in total. The molecule has 0 aliphatic carbocycles. The number of hydrogen-bond donors (Lipinski definition) is 1. The van der Waals surface area contributed by atoms with Crippen LogP contribution in [0, 0.1) is 6.92 Å². The molecule has 1 aliphatic rings. The van der Waals surface area contributed by atoms with Gasteiger partial charge < -0.3 is 10.2 Å². The average molecular weight is 376 g/mol. The predicted octanol–water partition coefficient (Wildman–Crippen LogP) is 1.62. The summed E-state index contributed by atoms with van der Waals surface area (Å²) in [6.45, 7) is 10.6. The summed E-state index contributed by atoms with van der Waals surface area (Å²) in [6, 6.07) is -0.222. The van der Waals surface area contributed by atoms with Crippen molar-refractivity contribution in [2.75, 3.05) is 19.6 Å². The molecule has 0 radical (unpaired) electrons. The zero-order chi connectivity index (χ0) is 20.0. The van der Waals surface area contributed by atoms with Gasteiger partial charge in [0, 0.05) is 57.4 Å². The van der Waals surface area contributed by atoms with Crippen molar-refractivity contribution in [3.05, 3.63) is 29.6 Å². The molecule has 2 heterocycles. The Kier molecular flexibility index (Phi) is 7.59. The highest BCUT2D eigenvalue weighted by atomic mass is 16.2. The van der Waals surface area contributed by atoms with Crippen molar-refractivity contribution in [3.63, 3.8) is 0 Å². The van der Waals surface area contributed by atoms with E-state index in [9.17, 15) is 9.59 Å². The molecule has 1 aromatic rings. The summed E-state index contributed by atoms with van der Waals surface area (Å²) in [6.07, 6.45) is 6.75. The lowest BCUT2D eigenvalue weighted by Crippen LogP contribution is -2.45. The van der Waals surface area contributed by atoms with Gasteiger partial charge in [-0.15, -0.1) is 0 Å². The zero-order valence-corrected chi connectivity index (χ0v) is 17.2. The summed E-state index contributed by atoms with van der Waals surface area (Å²) in [5.41, 5.74) is 2.10. The number of nitrogens with zero attached hydrogens (tertiary/aromatic N) is 4. The highest BCUT2D eigenvalue weighted by molar-refractivity contribution is 5.83. The van der Waals surface area contributed by atoms with Crippen LogP contribution in [0.25, 0.3) is 0 Å². The van der Waals surface area contributed by atoms with Crippen molar-refractivity contribution in [2.24, 2.45) is 7.05 Å². The maximum Gasteiger partial charge on any atom is 0.240 e. The summed E-state index contributed by atoms with van der Waals surface area (Å²) in [5, 5.41) is 7.49. The first kappa shape index (κ1) is 21.2. The Morgan fingerprint density at radius 3 is 2.63 bits per heavy atom. The van der Waals surface area contributed by atoms with E-state index < -0.39 is 0 Å². The third kappa shape index (κ3) is 5.42. The normalized spacial score (nSPS) is 20.3. The van der Waals surface area contributed by atoms with E-state index in [-0.39, 0.29) is 23.9 Å². The van der Waals surface area contributed by atoms with Gasteiger partial charge in [0.1, 0.15) is 0 Å². The molecule has 2 rings (SSSR count). The fourth-order valence-electron chi connectivity index (χ4n) is 3.72. The lowest BCUT2D eigenvalue weighted by Gasteiger charge is -2.28. The van der Waals surface area contributed by atoms with Gasteiger partial charge in [-0.2, -0.15) is 5.10 Å². The molecule has 0 spiro atoms. The number of hydrogen-bond acceptors (Lipinski definition) is 4. The van der Waals surface area contributed by atoms with Crippen LogP contribution in [0.2, 0.25) is 0 Å². The number of aromatic nitrogens is 2. The summed E-state index contributed by atoms with van der Waals surface area (Å²) in [7, 11) is 1.91. The smallest absolute Gasteiger partial charge is 0.240 e. The van der Waals surface area contributed by atoms with Crippen LogP contribution in [0.15, 0.2) is 18.3 Å². The topological polar surface area (TPSA) is 70.5 Å². The SMILES string of the molecule is C/C=C/CC(=O)N[C@H]1C[C@@H](C(=O)N(CC)CC)N(Cc2cn(C)nc2C)C1. The van der Waals surface area contributed by atoms with Crippen LogP contribution in [0.1, 0.15) is 44.9 Å². The molecule has 2 atom stereocenters. The van der Waals surface area contributed by atoms with Crippen molar-refractivity contribution in [1.82, 2.24) is 24.9 Å². The molecule has 1 saturated heterocycles. The maximum absolute atomic E-state index is 13.0. The molecule has 2 amide bonds. The van der Waals surface area contributed by atoms with Crippen LogP contribution in [0.3, 0.4) is 0 Å². The number of rotatable bonds is 8. The fraction of sp³-hybridized carbons (Fsp3) is 0.650. The van der Waals surface area contributed by atoms with E-state index in [1.807, 2.05) is 58.0 Å². The minimum Gasteiger partial charge on any atom is -0.352 e. The number of amides is 2. The molecule has 1 aromatic heterocycles.